The highest BCUT2D eigenvalue weighted by atomic mass is 16.2. The molecule has 2 aliphatic heterocycles. The third kappa shape index (κ3) is 3.10. The Labute approximate surface area is 104 Å². The molecule has 0 radical (unpaired) electrons. The van der Waals surface area contributed by atoms with Crippen molar-refractivity contribution in [2.24, 2.45) is 5.41 Å². The SMILES string of the molecule is CNC(=O)N1CCN(CC2(C)CCNC2)CC1. The molecule has 0 saturated carbocycles. The minimum atomic E-state index is 0.0541. The zero-order chi connectivity index (χ0) is 12.3. The molecule has 2 fully saturated rings. The third-order valence-corrected chi connectivity index (χ3v) is 3.94. The summed E-state index contributed by atoms with van der Waals surface area (Å²) in [4.78, 5) is 15.9. The molecule has 1 atom stereocenters. The van der Waals surface area contributed by atoms with Gasteiger partial charge in [0.25, 0.3) is 0 Å². The van der Waals surface area contributed by atoms with Gasteiger partial charge in [0.1, 0.15) is 0 Å². The molecule has 17 heavy (non-hydrogen) atoms. The zero-order valence-electron chi connectivity index (χ0n) is 11.0. The first-order valence-corrected chi connectivity index (χ1v) is 6.53. The fourth-order valence-corrected chi connectivity index (χ4v) is 2.81. The van der Waals surface area contributed by atoms with Crippen LogP contribution in [0.2, 0.25) is 0 Å². The highest BCUT2D eigenvalue weighted by molar-refractivity contribution is 5.73. The first-order valence-electron chi connectivity index (χ1n) is 6.53. The molecule has 0 aliphatic carbocycles. The van der Waals surface area contributed by atoms with E-state index < -0.39 is 0 Å². The van der Waals surface area contributed by atoms with Crippen molar-refractivity contribution < 1.29 is 4.79 Å². The minimum Gasteiger partial charge on any atom is -0.341 e. The van der Waals surface area contributed by atoms with Crippen LogP contribution in [0, 0.1) is 5.41 Å². The number of rotatable bonds is 2. The predicted molar refractivity (Wildman–Crippen MR) is 68.1 cm³/mol. The summed E-state index contributed by atoms with van der Waals surface area (Å²) < 4.78 is 0. The van der Waals surface area contributed by atoms with Gasteiger partial charge >= 0.3 is 6.03 Å². The molecule has 2 aliphatic rings. The van der Waals surface area contributed by atoms with Crippen molar-refractivity contribution in [3.63, 3.8) is 0 Å². The average molecular weight is 240 g/mol. The van der Waals surface area contributed by atoms with Crippen LogP contribution in [0.15, 0.2) is 0 Å². The lowest BCUT2D eigenvalue weighted by atomic mass is 9.89. The Kier molecular flexibility index (Phi) is 3.89. The van der Waals surface area contributed by atoms with E-state index in [0.29, 0.717) is 5.41 Å². The quantitative estimate of drug-likeness (QED) is 0.711. The van der Waals surface area contributed by atoms with Gasteiger partial charge in [-0.3, -0.25) is 4.90 Å². The van der Waals surface area contributed by atoms with Crippen LogP contribution in [0.3, 0.4) is 0 Å². The van der Waals surface area contributed by atoms with Gasteiger partial charge in [-0.2, -0.15) is 0 Å². The Morgan fingerprint density at radius 2 is 2.06 bits per heavy atom. The molecule has 2 heterocycles. The molecular weight excluding hydrogens is 216 g/mol. The highest BCUT2D eigenvalue weighted by Crippen LogP contribution is 2.26. The predicted octanol–water partition coefficient (Wildman–Crippen LogP) is -0.0570. The summed E-state index contributed by atoms with van der Waals surface area (Å²) in [5.41, 5.74) is 0.426. The first kappa shape index (κ1) is 12.6. The molecule has 5 heteroatoms. The zero-order valence-corrected chi connectivity index (χ0v) is 11.0. The maximum absolute atomic E-state index is 11.5. The lowest BCUT2D eigenvalue weighted by Gasteiger charge is -2.38. The van der Waals surface area contributed by atoms with Crippen molar-refractivity contribution in [1.82, 2.24) is 20.4 Å². The van der Waals surface area contributed by atoms with E-state index in [1.807, 2.05) is 4.90 Å². The monoisotopic (exact) mass is 240 g/mol. The molecule has 2 saturated heterocycles. The number of carbonyl (C=O) groups excluding carboxylic acids is 1. The van der Waals surface area contributed by atoms with E-state index in [1.165, 1.54) is 6.42 Å². The van der Waals surface area contributed by atoms with Gasteiger partial charge in [-0.1, -0.05) is 6.92 Å². The molecular formula is C12H24N4O. The Balaban J connectivity index is 1.77. The largest absolute Gasteiger partial charge is 0.341 e. The van der Waals surface area contributed by atoms with Crippen molar-refractivity contribution in [2.45, 2.75) is 13.3 Å². The number of piperazine rings is 1. The van der Waals surface area contributed by atoms with Crippen LogP contribution >= 0.6 is 0 Å². The van der Waals surface area contributed by atoms with Crippen molar-refractivity contribution in [2.75, 3.05) is 52.9 Å². The van der Waals surface area contributed by atoms with E-state index in [-0.39, 0.29) is 6.03 Å². The minimum absolute atomic E-state index is 0.0541. The third-order valence-electron chi connectivity index (χ3n) is 3.94. The lowest BCUT2D eigenvalue weighted by Crippen LogP contribution is -2.53. The van der Waals surface area contributed by atoms with Gasteiger partial charge in [0.05, 0.1) is 0 Å². The second-order valence-corrected chi connectivity index (χ2v) is 5.56. The van der Waals surface area contributed by atoms with Crippen LogP contribution in [0.1, 0.15) is 13.3 Å². The van der Waals surface area contributed by atoms with Crippen molar-refractivity contribution >= 4 is 6.03 Å². The Morgan fingerprint density at radius 3 is 2.59 bits per heavy atom. The van der Waals surface area contributed by atoms with Gasteiger partial charge in [-0.05, 0) is 18.4 Å². The number of amides is 2. The van der Waals surface area contributed by atoms with Gasteiger partial charge in [-0.15, -0.1) is 0 Å². The lowest BCUT2D eigenvalue weighted by molar-refractivity contribution is 0.109. The number of hydrogen-bond acceptors (Lipinski definition) is 3. The van der Waals surface area contributed by atoms with Gasteiger partial charge in [-0.25, -0.2) is 4.79 Å². The standard InChI is InChI=1S/C12H24N4O/c1-12(3-4-14-9-12)10-15-5-7-16(8-6-15)11(17)13-2/h14H,3-10H2,1-2H3,(H,13,17). The van der Waals surface area contributed by atoms with Gasteiger partial charge in [0.15, 0.2) is 0 Å². The van der Waals surface area contributed by atoms with Crippen LogP contribution in [-0.4, -0.2) is 68.7 Å². The van der Waals surface area contributed by atoms with Crippen LogP contribution < -0.4 is 10.6 Å². The maximum atomic E-state index is 11.5. The van der Waals surface area contributed by atoms with Gasteiger partial charge in [0, 0.05) is 46.3 Å². The molecule has 2 amide bonds. The fraction of sp³-hybridized carbons (Fsp3) is 0.917. The summed E-state index contributed by atoms with van der Waals surface area (Å²) in [7, 11) is 1.69. The van der Waals surface area contributed by atoms with E-state index in [0.717, 1.165) is 45.8 Å². The molecule has 98 valence electrons. The second kappa shape index (κ2) is 5.23. The van der Waals surface area contributed by atoms with E-state index >= 15 is 0 Å². The summed E-state index contributed by atoms with van der Waals surface area (Å²) in [6.07, 6.45) is 1.27. The van der Waals surface area contributed by atoms with Gasteiger partial charge < -0.3 is 15.5 Å². The van der Waals surface area contributed by atoms with E-state index in [2.05, 4.69) is 22.5 Å². The van der Waals surface area contributed by atoms with Crippen LogP contribution in [-0.2, 0) is 0 Å². The van der Waals surface area contributed by atoms with E-state index in [9.17, 15) is 4.79 Å². The van der Waals surface area contributed by atoms with Crippen molar-refractivity contribution in [1.29, 1.82) is 0 Å². The highest BCUT2D eigenvalue weighted by Gasteiger charge is 2.32. The van der Waals surface area contributed by atoms with Crippen LogP contribution in [0.5, 0.6) is 0 Å². The second-order valence-electron chi connectivity index (χ2n) is 5.56. The number of nitrogens with one attached hydrogen (secondary N) is 2. The summed E-state index contributed by atoms with van der Waals surface area (Å²) in [6.45, 7) is 9.50. The van der Waals surface area contributed by atoms with Crippen molar-refractivity contribution in [3.05, 3.63) is 0 Å². The fourth-order valence-electron chi connectivity index (χ4n) is 2.81. The average Bonchev–Trinajstić information content (AvgIpc) is 2.76. The van der Waals surface area contributed by atoms with Crippen LogP contribution in [0.25, 0.3) is 0 Å². The smallest absolute Gasteiger partial charge is 0.317 e. The summed E-state index contributed by atoms with van der Waals surface area (Å²) in [5, 5.41) is 6.13. The Morgan fingerprint density at radius 1 is 1.35 bits per heavy atom. The molecule has 2 rings (SSSR count). The molecule has 2 N–H and O–H groups in total. The number of urea groups is 1. The van der Waals surface area contributed by atoms with Gasteiger partial charge in [0.2, 0.25) is 0 Å². The molecule has 5 nitrogen and oxygen atoms in total. The number of nitrogens with zero attached hydrogens (tertiary/aromatic N) is 2. The topological polar surface area (TPSA) is 47.6 Å². The van der Waals surface area contributed by atoms with E-state index in [4.69, 9.17) is 0 Å². The number of carbonyl (C=O) groups is 1. The molecule has 0 spiro atoms. The first-order chi connectivity index (χ1) is 8.13. The molecule has 0 bridgehead atoms. The summed E-state index contributed by atoms with van der Waals surface area (Å²) >= 11 is 0. The number of hydrogen-bond donors (Lipinski definition) is 2. The molecule has 0 aromatic heterocycles. The molecule has 0 aromatic carbocycles. The molecule has 1 unspecified atom stereocenters. The normalized spacial score (nSPS) is 30.6. The Hall–Kier alpha value is -0.810. The maximum Gasteiger partial charge on any atom is 0.317 e. The molecule has 0 aromatic rings. The van der Waals surface area contributed by atoms with Crippen molar-refractivity contribution in [3.8, 4) is 0 Å². The summed E-state index contributed by atoms with van der Waals surface area (Å²) in [5.74, 6) is 0. The van der Waals surface area contributed by atoms with Crippen LogP contribution in [0.4, 0.5) is 4.79 Å². The summed E-state index contributed by atoms with van der Waals surface area (Å²) in [6, 6.07) is 0.0541. The Bertz CT molecular complexity index is 268. The van der Waals surface area contributed by atoms with E-state index in [1.54, 1.807) is 7.05 Å².